The summed E-state index contributed by atoms with van der Waals surface area (Å²) in [7, 11) is 0. The molecule has 1 fully saturated rings. The van der Waals surface area contributed by atoms with Gasteiger partial charge in [0.2, 0.25) is 11.8 Å². The normalized spacial score (nSPS) is 17.8. The van der Waals surface area contributed by atoms with E-state index < -0.39 is 0 Å². The monoisotopic (exact) mass is 316 g/mol. The highest BCUT2D eigenvalue weighted by Gasteiger charge is 2.33. The van der Waals surface area contributed by atoms with Crippen LogP contribution in [0.25, 0.3) is 0 Å². The van der Waals surface area contributed by atoms with Crippen molar-refractivity contribution in [3.63, 3.8) is 0 Å². The molecule has 4 heteroatoms. The molecule has 1 aromatic carbocycles. The minimum Gasteiger partial charge on any atom is -0.356 e. The van der Waals surface area contributed by atoms with Crippen LogP contribution in [0.4, 0.5) is 0 Å². The number of benzene rings is 1. The Kier molecular flexibility index (Phi) is 6.20. The molecule has 0 unspecified atom stereocenters. The molecule has 0 spiro atoms. The van der Waals surface area contributed by atoms with Crippen molar-refractivity contribution < 1.29 is 9.59 Å². The molecule has 0 bridgehead atoms. The molecule has 1 aromatic rings. The molecule has 23 heavy (non-hydrogen) atoms. The van der Waals surface area contributed by atoms with Gasteiger partial charge in [0, 0.05) is 26.1 Å². The van der Waals surface area contributed by atoms with Gasteiger partial charge < -0.3 is 10.2 Å². The highest BCUT2D eigenvalue weighted by Crippen LogP contribution is 2.18. The lowest BCUT2D eigenvalue weighted by molar-refractivity contribution is -0.129. The number of likely N-dealkylation sites (tertiary alicyclic amines) is 1. The summed E-state index contributed by atoms with van der Waals surface area (Å²) in [5.74, 6) is 0.511. The van der Waals surface area contributed by atoms with Crippen molar-refractivity contribution in [2.45, 2.75) is 40.0 Å². The molecule has 2 rings (SSSR count). The smallest absolute Gasteiger partial charge is 0.225 e. The molecule has 1 atom stereocenters. The van der Waals surface area contributed by atoms with Gasteiger partial charge in [-0.2, -0.15) is 0 Å². The lowest BCUT2D eigenvalue weighted by atomic mass is 10.1. The van der Waals surface area contributed by atoms with E-state index in [1.165, 1.54) is 11.1 Å². The van der Waals surface area contributed by atoms with E-state index in [0.29, 0.717) is 32.0 Å². The molecule has 1 aliphatic rings. The number of amides is 2. The van der Waals surface area contributed by atoms with E-state index in [1.54, 1.807) is 0 Å². The topological polar surface area (TPSA) is 49.4 Å². The predicted octanol–water partition coefficient (Wildman–Crippen LogP) is 2.55. The zero-order chi connectivity index (χ0) is 16.8. The lowest BCUT2D eigenvalue weighted by Gasteiger charge is -2.17. The highest BCUT2D eigenvalue weighted by atomic mass is 16.2. The molecule has 1 heterocycles. The van der Waals surface area contributed by atoms with E-state index in [0.717, 1.165) is 12.8 Å². The second kappa shape index (κ2) is 8.14. The van der Waals surface area contributed by atoms with E-state index in [1.807, 2.05) is 4.90 Å². The number of rotatable bonds is 7. The Hall–Kier alpha value is -1.84. The molecule has 126 valence electrons. The molecule has 2 amide bonds. The van der Waals surface area contributed by atoms with Crippen molar-refractivity contribution in [3.8, 4) is 0 Å². The predicted molar refractivity (Wildman–Crippen MR) is 92.0 cm³/mol. The zero-order valence-electron chi connectivity index (χ0n) is 14.5. The van der Waals surface area contributed by atoms with Crippen LogP contribution in [0.15, 0.2) is 24.3 Å². The van der Waals surface area contributed by atoms with Crippen LogP contribution >= 0.6 is 0 Å². The molecule has 0 radical (unpaired) electrons. The van der Waals surface area contributed by atoms with Crippen molar-refractivity contribution in [2.24, 2.45) is 11.8 Å². The van der Waals surface area contributed by atoms with Crippen LogP contribution in [0, 0.1) is 18.8 Å². The van der Waals surface area contributed by atoms with Gasteiger partial charge in [-0.05, 0) is 31.2 Å². The van der Waals surface area contributed by atoms with Crippen LogP contribution in [0.1, 0.15) is 37.8 Å². The number of carbonyl (C=O) groups is 2. The van der Waals surface area contributed by atoms with Crippen molar-refractivity contribution in [2.75, 3.05) is 19.6 Å². The van der Waals surface area contributed by atoms with Crippen molar-refractivity contribution >= 4 is 11.8 Å². The number of aryl methyl sites for hydroxylation is 1. The molecular weight excluding hydrogens is 288 g/mol. The SMILES string of the molecule is Cc1ccc(CCN2C[C@H](C(=O)NCCC(C)C)CC2=O)cc1. The number of hydrogen-bond donors (Lipinski definition) is 1. The fourth-order valence-corrected chi connectivity index (χ4v) is 2.81. The molecule has 1 aliphatic heterocycles. The van der Waals surface area contributed by atoms with Gasteiger partial charge in [0.25, 0.3) is 0 Å². The van der Waals surface area contributed by atoms with Gasteiger partial charge in [-0.1, -0.05) is 43.7 Å². The van der Waals surface area contributed by atoms with Gasteiger partial charge in [-0.15, -0.1) is 0 Å². The molecular formula is C19H28N2O2. The minimum atomic E-state index is -0.187. The van der Waals surface area contributed by atoms with Crippen molar-refractivity contribution in [1.29, 1.82) is 0 Å². The fourth-order valence-electron chi connectivity index (χ4n) is 2.81. The fraction of sp³-hybridized carbons (Fsp3) is 0.579. The quantitative estimate of drug-likeness (QED) is 0.840. The molecule has 1 N–H and O–H groups in total. The summed E-state index contributed by atoms with van der Waals surface area (Å²) in [6, 6.07) is 8.39. The summed E-state index contributed by atoms with van der Waals surface area (Å²) in [5, 5.41) is 2.96. The Bertz CT molecular complexity index is 537. The van der Waals surface area contributed by atoms with E-state index in [4.69, 9.17) is 0 Å². The second-order valence-corrected chi connectivity index (χ2v) is 6.95. The highest BCUT2D eigenvalue weighted by molar-refractivity contribution is 5.89. The van der Waals surface area contributed by atoms with E-state index in [-0.39, 0.29) is 17.7 Å². The molecule has 0 saturated carbocycles. The minimum absolute atomic E-state index is 0.0248. The third kappa shape index (κ3) is 5.38. The Balaban J connectivity index is 1.78. The molecule has 0 aliphatic carbocycles. The third-order valence-corrected chi connectivity index (χ3v) is 4.40. The van der Waals surface area contributed by atoms with E-state index in [2.05, 4.69) is 50.4 Å². The number of carbonyl (C=O) groups excluding carboxylic acids is 2. The van der Waals surface area contributed by atoms with Gasteiger partial charge in [-0.25, -0.2) is 0 Å². The van der Waals surface area contributed by atoms with Crippen molar-refractivity contribution in [1.82, 2.24) is 10.2 Å². The average molecular weight is 316 g/mol. The Morgan fingerprint density at radius 2 is 2.00 bits per heavy atom. The first-order valence-electron chi connectivity index (χ1n) is 8.56. The average Bonchev–Trinajstić information content (AvgIpc) is 2.87. The maximum Gasteiger partial charge on any atom is 0.225 e. The first kappa shape index (κ1) is 17.5. The summed E-state index contributed by atoms with van der Waals surface area (Å²) in [6.45, 7) is 8.28. The van der Waals surface area contributed by atoms with Gasteiger partial charge in [0.05, 0.1) is 5.92 Å². The van der Waals surface area contributed by atoms with E-state index in [9.17, 15) is 9.59 Å². The maximum absolute atomic E-state index is 12.1. The largest absolute Gasteiger partial charge is 0.356 e. The maximum atomic E-state index is 12.1. The van der Waals surface area contributed by atoms with Crippen LogP contribution in [-0.4, -0.2) is 36.3 Å². The van der Waals surface area contributed by atoms with Crippen LogP contribution in [0.3, 0.4) is 0 Å². The van der Waals surface area contributed by atoms with Gasteiger partial charge >= 0.3 is 0 Å². The van der Waals surface area contributed by atoms with Gasteiger partial charge in [-0.3, -0.25) is 9.59 Å². The van der Waals surface area contributed by atoms with Crippen LogP contribution in [0.5, 0.6) is 0 Å². The Labute approximate surface area is 139 Å². The molecule has 4 nitrogen and oxygen atoms in total. The van der Waals surface area contributed by atoms with Crippen LogP contribution < -0.4 is 5.32 Å². The zero-order valence-corrected chi connectivity index (χ0v) is 14.5. The summed E-state index contributed by atoms with van der Waals surface area (Å²) in [5.41, 5.74) is 2.47. The Morgan fingerprint density at radius 3 is 2.65 bits per heavy atom. The summed E-state index contributed by atoms with van der Waals surface area (Å²) >= 11 is 0. The number of hydrogen-bond acceptors (Lipinski definition) is 2. The van der Waals surface area contributed by atoms with Gasteiger partial charge in [0.15, 0.2) is 0 Å². The number of nitrogens with zero attached hydrogens (tertiary/aromatic N) is 1. The molecule has 1 saturated heterocycles. The standard InChI is InChI=1S/C19H28N2O2/c1-14(2)8-10-20-19(23)17-12-18(22)21(13-17)11-9-16-6-4-15(3)5-7-16/h4-7,14,17H,8-13H2,1-3H3,(H,20,23)/t17-/m1/s1. The first-order valence-corrected chi connectivity index (χ1v) is 8.56. The summed E-state index contributed by atoms with van der Waals surface area (Å²) in [6.07, 6.45) is 2.17. The first-order chi connectivity index (χ1) is 11.0. The number of nitrogens with one attached hydrogen (secondary N) is 1. The van der Waals surface area contributed by atoms with Gasteiger partial charge in [0.1, 0.15) is 0 Å². The van der Waals surface area contributed by atoms with Crippen LogP contribution in [-0.2, 0) is 16.0 Å². The summed E-state index contributed by atoms with van der Waals surface area (Å²) in [4.78, 5) is 26.1. The third-order valence-electron chi connectivity index (χ3n) is 4.40. The Morgan fingerprint density at radius 1 is 1.30 bits per heavy atom. The lowest BCUT2D eigenvalue weighted by Crippen LogP contribution is -2.34. The van der Waals surface area contributed by atoms with Crippen molar-refractivity contribution in [3.05, 3.63) is 35.4 Å². The summed E-state index contributed by atoms with van der Waals surface area (Å²) < 4.78 is 0. The van der Waals surface area contributed by atoms with Crippen LogP contribution in [0.2, 0.25) is 0 Å². The second-order valence-electron chi connectivity index (χ2n) is 6.95. The molecule has 0 aromatic heterocycles. The van der Waals surface area contributed by atoms with E-state index >= 15 is 0 Å².